The van der Waals surface area contributed by atoms with Crippen molar-refractivity contribution in [3.05, 3.63) is 194 Å². The van der Waals surface area contributed by atoms with E-state index in [4.69, 9.17) is 0 Å². The lowest BCUT2D eigenvalue weighted by molar-refractivity contribution is 1.62. The third-order valence-corrected chi connectivity index (χ3v) is 12.7. The van der Waals surface area contributed by atoms with E-state index in [1.54, 1.807) is 0 Å². The minimum atomic E-state index is 1.24. The Morgan fingerprint density at radius 1 is 0.161 bits per heavy atom. The molecule has 0 saturated heterocycles. The van der Waals surface area contributed by atoms with Gasteiger partial charge in [-0.05, 0) is 132 Å². The van der Waals surface area contributed by atoms with Crippen molar-refractivity contribution in [1.29, 1.82) is 0 Å². The number of fused-ring (bicyclic) bond motifs is 8. The maximum absolute atomic E-state index is 2.45. The molecule has 0 heterocycles. The van der Waals surface area contributed by atoms with Gasteiger partial charge in [0.1, 0.15) is 0 Å². The molecule has 0 heteroatoms. The summed E-state index contributed by atoms with van der Waals surface area (Å²) in [4.78, 5) is 0. The quantitative estimate of drug-likeness (QED) is 0.126. The first-order valence-corrected chi connectivity index (χ1v) is 19.6. The van der Waals surface area contributed by atoms with Crippen LogP contribution in [0.15, 0.2) is 194 Å². The standard InChI is InChI=1S/C56H32/c1-5-17-33(18-6-1)45-47(35-21-9-3-10-22-35)53-43-31-29-41-37-25-13-14-26-38(37)42-30-32-44(50(43)49(41)42)54-48(36-23-11-4-12-24-36)46(34-19-7-2-8-20-34)52-40-28-16-15-27-39(40)51(45)55(52)56(53)54/h1-32H. The normalized spacial score (nSPS) is 12.3. The van der Waals surface area contributed by atoms with Crippen molar-refractivity contribution in [3.8, 4) is 89.0 Å². The number of hydrogen-bond acceptors (Lipinski definition) is 0. The lowest BCUT2D eigenvalue weighted by atomic mass is 9.75. The van der Waals surface area contributed by atoms with Gasteiger partial charge >= 0.3 is 0 Å². The Hall–Kier alpha value is -7.28. The SMILES string of the molecule is c1ccc(-c2c3c4c(c(-c5ccccc5)c(-c5ccccc5)c5c6ccc7c8c(ccc(c(c2-c2ccccc2)c45)c86)-c2ccccc2-7)-c2ccccc2-3)cc1. The van der Waals surface area contributed by atoms with Crippen LogP contribution in [-0.4, -0.2) is 0 Å². The maximum Gasteiger partial charge on any atom is -0.0000476 e. The number of hydrogen-bond donors (Lipinski definition) is 0. The summed E-state index contributed by atoms with van der Waals surface area (Å²) >= 11 is 0. The molecular weight excluding hydrogens is 673 g/mol. The predicted octanol–water partition coefficient (Wildman–Crippen LogP) is 15.7. The Labute approximate surface area is 324 Å². The van der Waals surface area contributed by atoms with Crippen molar-refractivity contribution >= 4 is 43.1 Å². The van der Waals surface area contributed by atoms with Crippen molar-refractivity contribution in [2.75, 3.05) is 0 Å². The second-order valence-electron chi connectivity index (χ2n) is 15.4. The fraction of sp³-hybridized carbons (Fsp3) is 0. The first-order chi connectivity index (χ1) is 27.9. The van der Waals surface area contributed by atoms with Gasteiger partial charge in [0.15, 0.2) is 0 Å². The zero-order chi connectivity index (χ0) is 36.5. The van der Waals surface area contributed by atoms with Gasteiger partial charge in [-0.1, -0.05) is 194 Å². The Bertz CT molecular complexity index is 3190. The van der Waals surface area contributed by atoms with Crippen molar-refractivity contribution < 1.29 is 0 Å². The average Bonchev–Trinajstić information content (AvgIpc) is 3.80. The van der Waals surface area contributed by atoms with Crippen LogP contribution in [0.1, 0.15) is 0 Å². The second kappa shape index (κ2) is 11.1. The lowest BCUT2D eigenvalue weighted by Gasteiger charge is -2.27. The van der Waals surface area contributed by atoms with Crippen molar-refractivity contribution in [2.24, 2.45) is 0 Å². The molecule has 11 aromatic rings. The third-order valence-electron chi connectivity index (χ3n) is 12.7. The highest BCUT2D eigenvalue weighted by molar-refractivity contribution is 6.46. The van der Waals surface area contributed by atoms with Crippen LogP contribution in [-0.2, 0) is 0 Å². The van der Waals surface area contributed by atoms with Crippen LogP contribution in [0, 0.1) is 0 Å². The van der Waals surface area contributed by atoms with Crippen LogP contribution in [0.2, 0.25) is 0 Å². The highest BCUT2D eigenvalue weighted by atomic mass is 14.4. The van der Waals surface area contributed by atoms with Crippen LogP contribution < -0.4 is 0 Å². The molecule has 0 N–H and O–H groups in total. The van der Waals surface area contributed by atoms with E-state index in [0.29, 0.717) is 0 Å². The molecular formula is C56H32. The van der Waals surface area contributed by atoms with Crippen LogP contribution in [0.5, 0.6) is 0 Å². The summed E-state index contributed by atoms with van der Waals surface area (Å²) in [6.07, 6.45) is 0. The second-order valence-corrected chi connectivity index (χ2v) is 15.4. The molecule has 0 nitrogen and oxygen atoms in total. The van der Waals surface area contributed by atoms with Gasteiger partial charge in [0, 0.05) is 0 Å². The van der Waals surface area contributed by atoms with E-state index >= 15 is 0 Å². The van der Waals surface area contributed by atoms with E-state index in [-0.39, 0.29) is 0 Å². The zero-order valence-corrected chi connectivity index (χ0v) is 30.5. The number of benzene rings is 11. The highest BCUT2D eigenvalue weighted by Crippen LogP contribution is 2.64. The van der Waals surface area contributed by atoms with Crippen molar-refractivity contribution in [3.63, 3.8) is 0 Å². The Kier molecular flexibility index (Phi) is 5.98. The lowest BCUT2D eigenvalue weighted by Crippen LogP contribution is -1.99. The molecule has 0 aliphatic heterocycles. The highest BCUT2D eigenvalue weighted by Gasteiger charge is 2.36. The van der Waals surface area contributed by atoms with Gasteiger partial charge in [-0.25, -0.2) is 0 Å². The van der Waals surface area contributed by atoms with E-state index < -0.39 is 0 Å². The largest absolute Gasteiger partial charge is 0.0622 e. The van der Waals surface area contributed by atoms with Crippen LogP contribution in [0.25, 0.3) is 132 Å². The van der Waals surface area contributed by atoms with Gasteiger partial charge in [-0.3, -0.25) is 0 Å². The minimum absolute atomic E-state index is 1.24. The summed E-state index contributed by atoms with van der Waals surface area (Å²) in [7, 11) is 0. The summed E-state index contributed by atoms with van der Waals surface area (Å²) in [5.41, 5.74) is 20.7. The van der Waals surface area contributed by atoms with Crippen molar-refractivity contribution in [2.45, 2.75) is 0 Å². The predicted molar refractivity (Wildman–Crippen MR) is 238 cm³/mol. The molecule has 256 valence electrons. The van der Waals surface area contributed by atoms with Gasteiger partial charge in [-0.2, -0.15) is 0 Å². The van der Waals surface area contributed by atoms with E-state index in [9.17, 15) is 0 Å². The van der Waals surface area contributed by atoms with Crippen LogP contribution in [0.4, 0.5) is 0 Å². The summed E-state index contributed by atoms with van der Waals surface area (Å²) in [5, 5.41) is 10.7. The molecule has 0 spiro atoms. The topological polar surface area (TPSA) is 0 Å². The van der Waals surface area contributed by atoms with Gasteiger partial charge in [0.05, 0.1) is 0 Å². The van der Waals surface area contributed by atoms with Gasteiger partial charge in [-0.15, -0.1) is 0 Å². The molecule has 56 heavy (non-hydrogen) atoms. The molecule has 0 aromatic heterocycles. The molecule has 0 atom stereocenters. The molecule has 0 fully saturated rings. The monoisotopic (exact) mass is 704 g/mol. The Balaban J connectivity index is 1.42. The maximum atomic E-state index is 2.45. The Morgan fingerprint density at radius 3 is 0.893 bits per heavy atom. The molecule has 0 amide bonds. The average molecular weight is 705 g/mol. The molecule has 0 radical (unpaired) electrons. The molecule has 2 aliphatic carbocycles. The van der Waals surface area contributed by atoms with Crippen LogP contribution in [0.3, 0.4) is 0 Å². The minimum Gasteiger partial charge on any atom is -0.0622 e. The summed E-state index contributed by atoms with van der Waals surface area (Å²) in [5.74, 6) is 0. The zero-order valence-electron chi connectivity index (χ0n) is 30.5. The van der Waals surface area contributed by atoms with E-state index in [1.165, 1.54) is 132 Å². The fourth-order valence-electron chi connectivity index (χ4n) is 10.6. The first-order valence-electron chi connectivity index (χ1n) is 19.6. The molecule has 13 rings (SSSR count). The van der Waals surface area contributed by atoms with E-state index in [0.717, 1.165) is 0 Å². The van der Waals surface area contributed by atoms with Gasteiger partial charge in [0.25, 0.3) is 0 Å². The molecule has 0 unspecified atom stereocenters. The Morgan fingerprint density at radius 2 is 0.500 bits per heavy atom. The smallest absolute Gasteiger partial charge is 0.0000476 e. The fourth-order valence-corrected chi connectivity index (χ4v) is 10.6. The van der Waals surface area contributed by atoms with Crippen LogP contribution >= 0.6 is 0 Å². The van der Waals surface area contributed by atoms with E-state index in [1.807, 2.05) is 0 Å². The molecule has 2 aliphatic rings. The van der Waals surface area contributed by atoms with E-state index in [2.05, 4.69) is 194 Å². The number of rotatable bonds is 4. The molecule has 0 saturated carbocycles. The summed E-state index contributed by atoms with van der Waals surface area (Å²) < 4.78 is 0. The van der Waals surface area contributed by atoms with Crippen molar-refractivity contribution in [1.82, 2.24) is 0 Å². The molecule has 11 aromatic carbocycles. The summed E-state index contributed by atoms with van der Waals surface area (Å²) in [6.45, 7) is 0. The first kappa shape index (κ1) is 30.1. The third kappa shape index (κ3) is 3.78. The summed E-state index contributed by atoms with van der Waals surface area (Å²) in [6, 6.07) is 72.5. The molecule has 0 bridgehead atoms. The van der Waals surface area contributed by atoms with Gasteiger partial charge in [0.2, 0.25) is 0 Å². The van der Waals surface area contributed by atoms with Gasteiger partial charge < -0.3 is 0 Å².